The second kappa shape index (κ2) is 15.9. The Hall–Kier alpha value is -5.52. The van der Waals surface area contributed by atoms with Gasteiger partial charge in [0.1, 0.15) is 29.8 Å². The number of anilines is 2. The number of hydrogen-bond donors (Lipinski definition) is 2. The molecule has 14 nitrogen and oxygen atoms in total. The number of halogens is 1. The standard InChI is InChI=1S/C44H50ClN9O5/c1-43(2)41(44(3,4)42(43)59-32-8-5-28(23-46)34(45)22-32)50-38(56)29-6-11-36(47-24-29)53-15-13-27(14-16-53)26-51-17-19-52(20-18-51)31-7-9-33-30(21-31)25-48-54(40(33)58)35-10-12-37(55)49-39(35)57/h5-9,11,21-22,24-25,27,35,41-42H,10,12-20,26H2,1-4H3,(H,50,56)(H,49,55,57). The van der Waals surface area contributed by atoms with E-state index < -0.39 is 11.9 Å². The van der Waals surface area contributed by atoms with Crippen molar-refractivity contribution in [2.24, 2.45) is 16.7 Å². The van der Waals surface area contributed by atoms with Gasteiger partial charge < -0.3 is 19.9 Å². The minimum absolute atomic E-state index is 0.143. The summed E-state index contributed by atoms with van der Waals surface area (Å²) in [4.78, 5) is 62.6. The molecule has 1 unspecified atom stereocenters. The summed E-state index contributed by atoms with van der Waals surface area (Å²) in [6.45, 7) is 14.9. The van der Waals surface area contributed by atoms with Crippen LogP contribution in [0, 0.1) is 28.1 Å². The van der Waals surface area contributed by atoms with Gasteiger partial charge in [-0.2, -0.15) is 10.4 Å². The van der Waals surface area contributed by atoms with Crippen molar-refractivity contribution >= 4 is 51.6 Å². The van der Waals surface area contributed by atoms with E-state index in [0.717, 1.165) is 75.5 Å². The number of nitrogens with one attached hydrogen (secondary N) is 2. The van der Waals surface area contributed by atoms with Gasteiger partial charge in [-0.15, -0.1) is 0 Å². The average molecular weight is 820 g/mol. The van der Waals surface area contributed by atoms with Crippen molar-refractivity contribution < 1.29 is 19.1 Å². The Labute approximate surface area is 348 Å². The number of benzene rings is 2. The van der Waals surface area contributed by atoms with Crippen LogP contribution in [0.4, 0.5) is 11.5 Å². The van der Waals surface area contributed by atoms with Crippen molar-refractivity contribution in [3.8, 4) is 11.8 Å². The van der Waals surface area contributed by atoms with Gasteiger partial charge in [-0.3, -0.25) is 29.4 Å². The van der Waals surface area contributed by atoms with Crippen molar-refractivity contribution in [1.29, 1.82) is 5.26 Å². The number of carbonyl (C=O) groups is 3. The SMILES string of the molecule is CC1(C)C(NC(=O)c2ccc(N3CCC(CN4CCN(c5ccc6c(=O)n(C7CCC(=O)NC7=O)ncc6c5)CC4)CC3)nc2)C(C)(C)C1Oc1ccc(C#N)c(Cl)c1. The highest BCUT2D eigenvalue weighted by molar-refractivity contribution is 6.31. The van der Waals surface area contributed by atoms with Crippen LogP contribution in [0.1, 0.15) is 75.3 Å². The molecule has 308 valence electrons. The summed E-state index contributed by atoms with van der Waals surface area (Å²) in [5.74, 6) is 1.09. The first-order valence-corrected chi connectivity index (χ1v) is 20.8. The van der Waals surface area contributed by atoms with Crippen molar-refractivity contribution in [2.45, 2.75) is 71.6 Å². The number of fused-ring (bicyclic) bond motifs is 1. The molecule has 8 rings (SSSR count). The molecule has 2 aromatic heterocycles. The van der Waals surface area contributed by atoms with E-state index in [9.17, 15) is 24.4 Å². The highest BCUT2D eigenvalue weighted by Crippen LogP contribution is 2.55. The van der Waals surface area contributed by atoms with E-state index in [0.29, 0.717) is 33.2 Å². The topological polar surface area (TPSA) is 166 Å². The molecule has 3 saturated heterocycles. The van der Waals surface area contributed by atoms with Crippen molar-refractivity contribution in [2.75, 3.05) is 55.6 Å². The van der Waals surface area contributed by atoms with E-state index in [1.807, 2.05) is 30.3 Å². The molecule has 4 aliphatic rings. The highest BCUT2D eigenvalue weighted by atomic mass is 35.5. The normalized spacial score (nSPS) is 23.3. The first kappa shape index (κ1) is 40.3. The van der Waals surface area contributed by atoms with Gasteiger partial charge in [0, 0.05) is 92.4 Å². The highest BCUT2D eigenvalue weighted by Gasteiger charge is 2.64. The third kappa shape index (κ3) is 7.85. The third-order valence-corrected chi connectivity index (χ3v) is 13.2. The Morgan fingerprint density at radius 3 is 2.34 bits per heavy atom. The predicted octanol–water partition coefficient (Wildman–Crippen LogP) is 4.94. The van der Waals surface area contributed by atoms with E-state index in [-0.39, 0.29) is 53.2 Å². The van der Waals surface area contributed by atoms with Crippen LogP contribution < -0.4 is 30.7 Å². The molecular formula is C44H50ClN9O5. The van der Waals surface area contributed by atoms with Crippen LogP contribution in [0.15, 0.2) is 65.7 Å². The van der Waals surface area contributed by atoms with Crippen molar-refractivity contribution in [3.63, 3.8) is 0 Å². The van der Waals surface area contributed by atoms with E-state index in [4.69, 9.17) is 21.3 Å². The zero-order chi connectivity index (χ0) is 41.6. The maximum atomic E-state index is 13.5. The van der Waals surface area contributed by atoms with Crippen LogP contribution in [0.3, 0.4) is 0 Å². The van der Waals surface area contributed by atoms with Gasteiger partial charge in [-0.1, -0.05) is 39.3 Å². The molecule has 2 N–H and O–H groups in total. The summed E-state index contributed by atoms with van der Waals surface area (Å²) < 4.78 is 7.57. The minimum atomic E-state index is -0.784. The summed E-state index contributed by atoms with van der Waals surface area (Å²) in [7, 11) is 0. The first-order chi connectivity index (χ1) is 28.2. The molecule has 0 bridgehead atoms. The van der Waals surface area contributed by atoms with Gasteiger partial charge in [0.2, 0.25) is 5.91 Å². The number of rotatable bonds is 9. The molecule has 4 aromatic rings. The second-order valence-electron chi connectivity index (χ2n) is 17.6. The van der Waals surface area contributed by atoms with Gasteiger partial charge in [-0.05, 0) is 67.6 Å². The van der Waals surface area contributed by atoms with Crippen LogP contribution in [-0.2, 0) is 9.59 Å². The number of nitrogens with zero attached hydrogens (tertiary/aromatic N) is 7. The van der Waals surface area contributed by atoms with Gasteiger partial charge in [0.25, 0.3) is 17.4 Å². The number of hydrogen-bond acceptors (Lipinski definition) is 11. The zero-order valence-electron chi connectivity index (χ0n) is 33.9. The molecule has 1 atom stereocenters. The second-order valence-corrected chi connectivity index (χ2v) is 18.0. The van der Waals surface area contributed by atoms with E-state index in [2.05, 4.69) is 64.2 Å². The fraction of sp³-hybridized carbons (Fsp3) is 0.477. The quantitative estimate of drug-likeness (QED) is 0.220. The Bertz CT molecular complexity index is 2360. The fourth-order valence-corrected chi connectivity index (χ4v) is 10.1. The lowest BCUT2D eigenvalue weighted by Gasteiger charge is -2.63. The molecule has 5 heterocycles. The van der Waals surface area contributed by atoms with Crippen LogP contribution in [0.5, 0.6) is 5.75 Å². The molecule has 1 saturated carbocycles. The van der Waals surface area contributed by atoms with Crippen LogP contribution in [-0.4, -0.2) is 95.3 Å². The summed E-state index contributed by atoms with van der Waals surface area (Å²) in [5.41, 5.74) is 0.904. The molecule has 15 heteroatoms. The average Bonchev–Trinajstić information content (AvgIpc) is 3.22. The summed E-state index contributed by atoms with van der Waals surface area (Å²) >= 11 is 6.25. The van der Waals surface area contributed by atoms with E-state index in [1.54, 1.807) is 30.6 Å². The number of nitriles is 1. The molecule has 2 aromatic carbocycles. The van der Waals surface area contributed by atoms with Crippen molar-refractivity contribution in [1.82, 2.24) is 30.3 Å². The molecule has 4 fully saturated rings. The predicted molar refractivity (Wildman–Crippen MR) is 225 cm³/mol. The number of imide groups is 1. The van der Waals surface area contributed by atoms with Gasteiger partial charge in [-0.25, -0.2) is 9.67 Å². The number of amides is 3. The third-order valence-electron chi connectivity index (χ3n) is 12.9. The molecule has 59 heavy (non-hydrogen) atoms. The lowest BCUT2D eigenvalue weighted by Crippen LogP contribution is -2.74. The number of ether oxygens (including phenoxy) is 1. The molecule has 3 aliphatic heterocycles. The Kier molecular flexibility index (Phi) is 10.9. The smallest absolute Gasteiger partial charge is 0.275 e. The monoisotopic (exact) mass is 819 g/mol. The maximum absolute atomic E-state index is 13.5. The zero-order valence-corrected chi connectivity index (χ0v) is 34.7. The maximum Gasteiger partial charge on any atom is 0.275 e. The fourth-order valence-electron chi connectivity index (χ4n) is 9.90. The summed E-state index contributed by atoms with van der Waals surface area (Å²) in [6.07, 6.45) is 5.70. The summed E-state index contributed by atoms with van der Waals surface area (Å²) in [6, 6.07) is 15.8. The van der Waals surface area contributed by atoms with Crippen LogP contribution in [0.25, 0.3) is 10.8 Å². The van der Waals surface area contributed by atoms with Gasteiger partial charge in [0.05, 0.1) is 27.7 Å². The van der Waals surface area contributed by atoms with Crippen LogP contribution >= 0.6 is 11.6 Å². The number of pyridine rings is 1. The Morgan fingerprint density at radius 2 is 1.68 bits per heavy atom. The van der Waals surface area contributed by atoms with Crippen molar-refractivity contribution in [3.05, 3.63) is 87.4 Å². The number of aromatic nitrogens is 3. The number of piperidine rings is 2. The van der Waals surface area contributed by atoms with E-state index in [1.165, 1.54) is 4.68 Å². The molecule has 0 spiro atoms. The molecule has 0 radical (unpaired) electrons. The van der Waals surface area contributed by atoms with E-state index >= 15 is 0 Å². The minimum Gasteiger partial charge on any atom is -0.489 e. The van der Waals surface area contributed by atoms with Gasteiger partial charge >= 0.3 is 0 Å². The van der Waals surface area contributed by atoms with Crippen LogP contribution in [0.2, 0.25) is 5.02 Å². The Balaban J connectivity index is 0.792. The largest absolute Gasteiger partial charge is 0.489 e. The number of piperazine rings is 1. The Morgan fingerprint density at radius 1 is 0.932 bits per heavy atom. The summed E-state index contributed by atoms with van der Waals surface area (Å²) in [5, 5.41) is 20.7. The number of carbonyl (C=O) groups excluding carboxylic acids is 3. The molecule has 1 aliphatic carbocycles. The lowest BCUT2D eigenvalue weighted by molar-refractivity contribution is -0.164. The first-order valence-electron chi connectivity index (χ1n) is 20.4. The lowest BCUT2D eigenvalue weighted by atomic mass is 9.49. The molecule has 3 amide bonds. The van der Waals surface area contributed by atoms with Gasteiger partial charge in [0.15, 0.2) is 0 Å². The molecular weight excluding hydrogens is 770 g/mol.